The third kappa shape index (κ3) is 2.98. The molecule has 0 saturated carbocycles. The largest absolute Gasteiger partial charge is 0.427 e. The molecular formula is C14H20N2O5S. The first-order valence-corrected chi connectivity index (χ1v) is 7.94. The zero-order valence-corrected chi connectivity index (χ0v) is 13.9. The molecule has 2 atom stereocenters. The number of hydrogen-bond acceptors (Lipinski definition) is 7. The Morgan fingerprint density at radius 2 is 2.00 bits per heavy atom. The molecule has 0 aromatic heterocycles. The summed E-state index contributed by atoms with van der Waals surface area (Å²) < 4.78 is 9.86. The predicted molar refractivity (Wildman–Crippen MR) is 80.3 cm³/mol. The Hall–Kier alpha value is -1.54. The first-order valence-electron chi connectivity index (χ1n) is 6.89. The minimum atomic E-state index is -0.676. The number of carbonyl (C=O) groups is 3. The number of amides is 1. The van der Waals surface area contributed by atoms with Gasteiger partial charge < -0.3 is 15.2 Å². The quantitative estimate of drug-likeness (QED) is 0.460. The number of thioether (sulfide) groups is 1. The van der Waals surface area contributed by atoms with Crippen molar-refractivity contribution in [2.45, 2.75) is 39.1 Å². The van der Waals surface area contributed by atoms with E-state index < -0.39 is 30.2 Å². The normalized spacial score (nSPS) is 24.6. The summed E-state index contributed by atoms with van der Waals surface area (Å²) in [5.74, 6) is -0.834. The second-order valence-electron chi connectivity index (χ2n) is 6.30. The smallest absolute Gasteiger partial charge is 0.357 e. The number of β-lactam (4-membered cyclic amide) rings is 1. The molecule has 1 amide bonds. The Bertz CT molecular complexity index is 552. The van der Waals surface area contributed by atoms with Crippen LogP contribution in [-0.2, 0) is 23.9 Å². The van der Waals surface area contributed by atoms with Crippen LogP contribution in [0, 0.1) is 5.41 Å². The fourth-order valence-corrected chi connectivity index (χ4v) is 3.32. The van der Waals surface area contributed by atoms with Gasteiger partial charge in [-0.15, -0.1) is 11.8 Å². The van der Waals surface area contributed by atoms with Crippen molar-refractivity contribution in [3.8, 4) is 0 Å². The molecule has 2 N–H and O–H groups in total. The molecule has 0 aromatic carbocycles. The van der Waals surface area contributed by atoms with E-state index in [1.165, 1.54) is 16.7 Å². The predicted octanol–water partition coefficient (Wildman–Crippen LogP) is 0.593. The van der Waals surface area contributed by atoms with Gasteiger partial charge in [-0.2, -0.15) is 0 Å². The van der Waals surface area contributed by atoms with Gasteiger partial charge in [0.15, 0.2) is 0 Å². The lowest BCUT2D eigenvalue weighted by molar-refractivity contribution is -0.173. The van der Waals surface area contributed by atoms with Gasteiger partial charge in [0.1, 0.15) is 17.1 Å². The van der Waals surface area contributed by atoms with E-state index in [0.717, 1.165) is 5.57 Å². The van der Waals surface area contributed by atoms with Gasteiger partial charge in [-0.1, -0.05) is 0 Å². The summed E-state index contributed by atoms with van der Waals surface area (Å²) in [6.07, 6.45) is 0. The second-order valence-corrected chi connectivity index (χ2v) is 7.40. The molecule has 2 aliphatic heterocycles. The maximum Gasteiger partial charge on any atom is 0.357 e. The molecule has 0 aromatic rings. The molecular weight excluding hydrogens is 308 g/mol. The van der Waals surface area contributed by atoms with E-state index in [0.29, 0.717) is 5.75 Å². The lowest BCUT2D eigenvalue weighted by Gasteiger charge is -2.47. The Labute approximate surface area is 133 Å². The molecule has 0 radical (unpaired) electrons. The summed E-state index contributed by atoms with van der Waals surface area (Å²) in [7, 11) is 0. The highest BCUT2D eigenvalue weighted by atomic mass is 32.2. The topological polar surface area (TPSA) is 98.9 Å². The van der Waals surface area contributed by atoms with Crippen LogP contribution in [-0.4, -0.2) is 46.7 Å². The van der Waals surface area contributed by atoms with Crippen molar-refractivity contribution in [3.05, 3.63) is 11.3 Å². The lowest BCUT2D eigenvalue weighted by atomic mass is 9.98. The number of hydrogen-bond donors (Lipinski definition) is 1. The van der Waals surface area contributed by atoms with Crippen LogP contribution in [0.5, 0.6) is 0 Å². The molecule has 7 nitrogen and oxygen atoms in total. The van der Waals surface area contributed by atoms with Gasteiger partial charge in [0.2, 0.25) is 12.7 Å². The van der Waals surface area contributed by atoms with Crippen LogP contribution in [0.3, 0.4) is 0 Å². The van der Waals surface area contributed by atoms with Crippen molar-refractivity contribution in [2.75, 3.05) is 12.5 Å². The third-order valence-electron chi connectivity index (χ3n) is 3.39. The zero-order chi connectivity index (χ0) is 16.7. The summed E-state index contributed by atoms with van der Waals surface area (Å²) in [4.78, 5) is 37.0. The molecule has 1 saturated heterocycles. The molecule has 2 rings (SSSR count). The van der Waals surface area contributed by atoms with Gasteiger partial charge >= 0.3 is 11.9 Å². The first-order chi connectivity index (χ1) is 10.1. The Kier molecular flexibility index (Phi) is 4.53. The lowest BCUT2D eigenvalue weighted by Crippen LogP contribution is -2.68. The van der Waals surface area contributed by atoms with Crippen LogP contribution in [0.4, 0.5) is 0 Å². The van der Waals surface area contributed by atoms with E-state index in [9.17, 15) is 14.4 Å². The number of esters is 2. The average molecular weight is 328 g/mol. The second kappa shape index (κ2) is 5.92. The Balaban J connectivity index is 1.97. The van der Waals surface area contributed by atoms with E-state index in [2.05, 4.69) is 0 Å². The highest BCUT2D eigenvalue weighted by Crippen LogP contribution is 2.39. The molecule has 1 fully saturated rings. The van der Waals surface area contributed by atoms with Crippen LogP contribution in [0.1, 0.15) is 27.7 Å². The number of ether oxygens (including phenoxy) is 2. The number of nitrogens with zero attached hydrogens (tertiary/aromatic N) is 1. The number of fused-ring (bicyclic) bond motifs is 1. The molecule has 2 aliphatic rings. The first kappa shape index (κ1) is 16.8. The summed E-state index contributed by atoms with van der Waals surface area (Å²) in [5.41, 5.74) is 6.00. The summed E-state index contributed by atoms with van der Waals surface area (Å²) in [6.45, 7) is 6.39. The van der Waals surface area contributed by atoms with Crippen LogP contribution < -0.4 is 5.73 Å². The molecule has 2 heterocycles. The van der Waals surface area contributed by atoms with Crippen molar-refractivity contribution in [2.24, 2.45) is 11.1 Å². The van der Waals surface area contributed by atoms with E-state index >= 15 is 0 Å². The third-order valence-corrected chi connectivity index (χ3v) is 4.83. The van der Waals surface area contributed by atoms with Gasteiger partial charge in [-0.25, -0.2) is 4.79 Å². The Morgan fingerprint density at radius 1 is 1.36 bits per heavy atom. The fourth-order valence-electron chi connectivity index (χ4n) is 2.08. The van der Waals surface area contributed by atoms with Gasteiger partial charge in [-0.3, -0.25) is 14.5 Å². The molecule has 0 spiro atoms. The summed E-state index contributed by atoms with van der Waals surface area (Å²) in [6, 6.07) is -0.584. The average Bonchev–Trinajstić information content (AvgIpc) is 2.44. The fraction of sp³-hybridized carbons (Fsp3) is 0.643. The SMILES string of the molecule is CC1=C(C(=O)OCOC(=O)C(C)(C)C)N2C(=O)[C@@H](N)[C@H]2SC1. The van der Waals surface area contributed by atoms with Crippen molar-refractivity contribution in [3.63, 3.8) is 0 Å². The van der Waals surface area contributed by atoms with E-state index in [1.807, 2.05) is 0 Å². The van der Waals surface area contributed by atoms with Crippen LogP contribution >= 0.6 is 11.8 Å². The van der Waals surface area contributed by atoms with Crippen molar-refractivity contribution < 1.29 is 23.9 Å². The zero-order valence-electron chi connectivity index (χ0n) is 13.0. The van der Waals surface area contributed by atoms with E-state index in [4.69, 9.17) is 15.2 Å². The minimum absolute atomic E-state index is 0.210. The highest BCUT2D eigenvalue weighted by molar-refractivity contribution is 8.00. The van der Waals surface area contributed by atoms with Crippen molar-refractivity contribution >= 4 is 29.6 Å². The molecule has 122 valence electrons. The molecule has 0 bridgehead atoms. The Morgan fingerprint density at radius 3 is 2.59 bits per heavy atom. The number of rotatable bonds is 3. The summed E-state index contributed by atoms with van der Waals surface area (Å²) >= 11 is 1.52. The van der Waals surface area contributed by atoms with Gasteiger partial charge in [-0.05, 0) is 33.3 Å². The maximum absolute atomic E-state index is 12.2. The maximum atomic E-state index is 12.2. The van der Waals surface area contributed by atoms with Gasteiger partial charge in [0.25, 0.3) is 0 Å². The van der Waals surface area contributed by atoms with Gasteiger partial charge in [0, 0.05) is 5.75 Å². The molecule has 0 aliphatic carbocycles. The molecule has 0 unspecified atom stereocenters. The minimum Gasteiger partial charge on any atom is -0.427 e. The highest BCUT2D eigenvalue weighted by Gasteiger charge is 2.51. The van der Waals surface area contributed by atoms with Crippen LogP contribution in [0.15, 0.2) is 11.3 Å². The van der Waals surface area contributed by atoms with E-state index in [1.54, 1.807) is 27.7 Å². The van der Waals surface area contributed by atoms with E-state index in [-0.39, 0.29) is 17.0 Å². The summed E-state index contributed by atoms with van der Waals surface area (Å²) in [5, 5.41) is -0.226. The number of nitrogens with two attached hydrogens (primary N) is 1. The van der Waals surface area contributed by atoms with Crippen molar-refractivity contribution in [1.29, 1.82) is 0 Å². The van der Waals surface area contributed by atoms with Crippen LogP contribution in [0.25, 0.3) is 0 Å². The number of carbonyl (C=O) groups excluding carboxylic acids is 3. The van der Waals surface area contributed by atoms with Crippen molar-refractivity contribution in [1.82, 2.24) is 4.90 Å². The van der Waals surface area contributed by atoms with Crippen LogP contribution in [0.2, 0.25) is 0 Å². The standard InChI is InChI=1S/C14H20N2O5S/c1-7-5-22-11-8(15)10(17)16(11)9(7)12(18)20-6-21-13(19)14(2,3)4/h8,11H,5-6,15H2,1-4H3/t8-,11-/m1/s1. The molecule has 8 heteroatoms. The van der Waals surface area contributed by atoms with Gasteiger partial charge in [0.05, 0.1) is 5.41 Å². The molecule has 22 heavy (non-hydrogen) atoms. The monoisotopic (exact) mass is 328 g/mol.